The van der Waals surface area contributed by atoms with Gasteiger partial charge in [-0.25, -0.2) is 4.39 Å². The standard InChI is InChI=1S/C41H45FN4O3/c1-27-21-30(5-12-38(27)42)37-26-49-39-23-34(47)9-11-36(39)40(37)29-3-6-32(7-4-29)45-15-13-28(14-16-45)24-44-17-19-46(20-18-44)33-8-10-35-31(22-33)25-43(2)41(35)48/h3-12,21-23,28,37,40,47H,13-20,24-26H2,1-2H3. The molecule has 49 heavy (non-hydrogen) atoms. The van der Waals surface area contributed by atoms with Crippen LogP contribution in [0, 0.1) is 18.7 Å². The van der Waals surface area contributed by atoms with E-state index in [1.165, 1.54) is 29.8 Å². The highest BCUT2D eigenvalue weighted by molar-refractivity contribution is 5.98. The van der Waals surface area contributed by atoms with Gasteiger partial charge in [-0.1, -0.05) is 30.3 Å². The number of aromatic hydroxyl groups is 1. The van der Waals surface area contributed by atoms with Crippen molar-refractivity contribution in [2.75, 3.05) is 69.3 Å². The Hall–Kier alpha value is -4.56. The van der Waals surface area contributed by atoms with Crippen LogP contribution in [-0.4, -0.2) is 80.3 Å². The summed E-state index contributed by atoms with van der Waals surface area (Å²) in [5, 5.41) is 10.1. The van der Waals surface area contributed by atoms with Crippen LogP contribution in [0.15, 0.2) is 78.9 Å². The predicted molar refractivity (Wildman–Crippen MR) is 192 cm³/mol. The lowest BCUT2D eigenvalue weighted by molar-refractivity contribution is 0.0816. The van der Waals surface area contributed by atoms with Gasteiger partial charge in [-0.05, 0) is 90.4 Å². The highest BCUT2D eigenvalue weighted by Crippen LogP contribution is 2.47. The number of piperazine rings is 1. The number of ether oxygens (including phenoxy) is 1. The number of rotatable bonds is 6. The Balaban J connectivity index is 0.884. The number of carbonyl (C=O) groups excluding carboxylic acids is 1. The predicted octanol–water partition coefficient (Wildman–Crippen LogP) is 6.77. The average molecular weight is 661 g/mol. The SMILES string of the molecule is Cc1cc(C2COc3cc(O)ccc3C2c2ccc(N3CCC(CN4CCN(c5ccc6c(c5)CN(C)C6=O)CC4)CC3)cc2)ccc1F. The van der Waals surface area contributed by atoms with Crippen molar-refractivity contribution in [1.29, 1.82) is 0 Å². The molecule has 0 radical (unpaired) electrons. The minimum atomic E-state index is -0.197. The number of fused-ring (bicyclic) bond motifs is 2. The molecule has 0 aromatic heterocycles. The monoisotopic (exact) mass is 660 g/mol. The number of hydrogen-bond donors (Lipinski definition) is 1. The molecule has 4 heterocycles. The number of phenolic OH excluding ortho intramolecular Hbond substituents is 1. The van der Waals surface area contributed by atoms with E-state index in [4.69, 9.17) is 4.74 Å². The summed E-state index contributed by atoms with van der Waals surface area (Å²) < 4.78 is 20.3. The maximum atomic E-state index is 14.2. The van der Waals surface area contributed by atoms with Gasteiger partial charge >= 0.3 is 0 Å². The van der Waals surface area contributed by atoms with E-state index >= 15 is 0 Å². The molecular weight excluding hydrogens is 615 g/mol. The lowest BCUT2D eigenvalue weighted by atomic mass is 9.75. The molecule has 2 saturated heterocycles. The van der Waals surface area contributed by atoms with Gasteiger partial charge in [-0.3, -0.25) is 9.69 Å². The molecule has 2 atom stereocenters. The fourth-order valence-corrected chi connectivity index (χ4v) is 8.47. The number of aryl methyl sites for hydroxylation is 1. The first-order valence-electron chi connectivity index (χ1n) is 17.7. The van der Waals surface area contributed by atoms with Crippen LogP contribution in [0.5, 0.6) is 11.5 Å². The van der Waals surface area contributed by atoms with E-state index in [1.807, 2.05) is 38.2 Å². The van der Waals surface area contributed by atoms with E-state index in [1.54, 1.807) is 23.1 Å². The number of piperidine rings is 1. The zero-order chi connectivity index (χ0) is 33.6. The van der Waals surface area contributed by atoms with Gasteiger partial charge in [0.25, 0.3) is 5.91 Å². The Morgan fingerprint density at radius 1 is 0.816 bits per heavy atom. The normalized spacial score (nSPS) is 21.4. The van der Waals surface area contributed by atoms with Gasteiger partial charge in [0, 0.05) is 99.8 Å². The van der Waals surface area contributed by atoms with Crippen LogP contribution in [0.2, 0.25) is 0 Å². The Bertz CT molecular complexity index is 1850. The van der Waals surface area contributed by atoms with Crippen LogP contribution < -0.4 is 14.5 Å². The molecule has 4 aromatic carbocycles. The van der Waals surface area contributed by atoms with Crippen molar-refractivity contribution < 1.29 is 19.0 Å². The summed E-state index contributed by atoms with van der Waals surface area (Å²) in [5.41, 5.74) is 8.42. The van der Waals surface area contributed by atoms with Crippen LogP contribution in [0.4, 0.5) is 15.8 Å². The number of halogens is 1. The number of hydrogen-bond acceptors (Lipinski definition) is 6. The van der Waals surface area contributed by atoms with Gasteiger partial charge in [0.15, 0.2) is 0 Å². The molecule has 8 heteroatoms. The van der Waals surface area contributed by atoms with Gasteiger partial charge in [0.05, 0.1) is 6.61 Å². The van der Waals surface area contributed by atoms with E-state index < -0.39 is 0 Å². The minimum Gasteiger partial charge on any atom is -0.508 e. The molecule has 1 N–H and O–H groups in total. The summed E-state index contributed by atoms with van der Waals surface area (Å²) in [5.74, 6) is 1.60. The van der Waals surface area contributed by atoms with Gasteiger partial charge in [-0.15, -0.1) is 0 Å². The number of carbonyl (C=O) groups is 1. The third kappa shape index (κ3) is 6.23. The molecule has 4 aliphatic rings. The number of phenols is 1. The Kier molecular flexibility index (Phi) is 8.44. The van der Waals surface area contributed by atoms with Crippen molar-refractivity contribution in [3.05, 3.63) is 118 Å². The summed E-state index contributed by atoms with van der Waals surface area (Å²) in [6, 6.07) is 26.1. The molecular formula is C41H45FN4O3. The van der Waals surface area contributed by atoms with Crippen molar-refractivity contribution in [3.63, 3.8) is 0 Å². The Morgan fingerprint density at radius 3 is 2.29 bits per heavy atom. The molecule has 0 spiro atoms. The maximum Gasteiger partial charge on any atom is 0.254 e. The summed E-state index contributed by atoms with van der Waals surface area (Å²) >= 11 is 0. The zero-order valence-electron chi connectivity index (χ0n) is 28.4. The summed E-state index contributed by atoms with van der Waals surface area (Å²) in [6.45, 7) is 10.4. The smallest absolute Gasteiger partial charge is 0.254 e. The highest BCUT2D eigenvalue weighted by Gasteiger charge is 2.34. The zero-order valence-corrected chi connectivity index (χ0v) is 28.4. The van der Waals surface area contributed by atoms with Gasteiger partial charge in [-0.2, -0.15) is 0 Å². The second-order valence-corrected chi connectivity index (χ2v) is 14.4. The van der Waals surface area contributed by atoms with Gasteiger partial charge in [0.1, 0.15) is 17.3 Å². The second kappa shape index (κ2) is 13.0. The first-order chi connectivity index (χ1) is 23.8. The molecule has 0 saturated carbocycles. The largest absolute Gasteiger partial charge is 0.508 e. The lowest BCUT2D eigenvalue weighted by Gasteiger charge is -2.40. The molecule has 7 nitrogen and oxygen atoms in total. The average Bonchev–Trinajstić information content (AvgIpc) is 3.41. The topological polar surface area (TPSA) is 59.5 Å². The van der Waals surface area contributed by atoms with E-state index in [2.05, 4.69) is 51.1 Å². The third-order valence-electron chi connectivity index (χ3n) is 11.3. The Morgan fingerprint density at radius 2 is 1.53 bits per heavy atom. The fraction of sp³-hybridized carbons (Fsp3) is 0.390. The van der Waals surface area contributed by atoms with E-state index in [0.29, 0.717) is 30.4 Å². The first-order valence-corrected chi connectivity index (χ1v) is 17.7. The van der Waals surface area contributed by atoms with Crippen molar-refractivity contribution in [3.8, 4) is 11.5 Å². The molecule has 0 aliphatic carbocycles. The quantitative estimate of drug-likeness (QED) is 0.246. The molecule has 0 bridgehead atoms. The molecule has 8 rings (SSSR count). The molecule has 2 unspecified atom stereocenters. The van der Waals surface area contributed by atoms with Crippen molar-refractivity contribution >= 4 is 17.3 Å². The molecule has 2 fully saturated rings. The minimum absolute atomic E-state index is 0.0286. The first kappa shape index (κ1) is 31.7. The van der Waals surface area contributed by atoms with E-state index in [9.17, 15) is 14.3 Å². The van der Waals surface area contributed by atoms with Crippen LogP contribution in [0.1, 0.15) is 62.9 Å². The second-order valence-electron chi connectivity index (χ2n) is 14.4. The summed E-state index contributed by atoms with van der Waals surface area (Å²) in [7, 11) is 1.87. The van der Waals surface area contributed by atoms with Gasteiger partial charge in [0.2, 0.25) is 0 Å². The summed E-state index contributed by atoms with van der Waals surface area (Å²) in [4.78, 5) is 21.7. The highest BCUT2D eigenvalue weighted by atomic mass is 19.1. The Labute approximate surface area is 288 Å². The van der Waals surface area contributed by atoms with E-state index in [0.717, 1.165) is 68.1 Å². The van der Waals surface area contributed by atoms with Crippen LogP contribution in [-0.2, 0) is 6.54 Å². The molecule has 1 amide bonds. The number of benzene rings is 4. The summed E-state index contributed by atoms with van der Waals surface area (Å²) in [6.07, 6.45) is 2.38. The fourth-order valence-electron chi connectivity index (χ4n) is 8.47. The number of nitrogens with zero attached hydrogens (tertiary/aromatic N) is 4. The third-order valence-corrected chi connectivity index (χ3v) is 11.3. The molecule has 4 aliphatic heterocycles. The van der Waals surface area contributed by atoms with Gasteiger partial charge < -0.3 is 24.5 Å². The van der Waals surface area contributed by atoms with Crippen LogP contribution in [0.3, 0.4) is 0 Å². The van der Waals surface area contributed by atoms with Crippen LogP contribution in [0.25, 0.3) is 0 Å². The van der Waals surface area contributed by atoms with Crippen molar-refractivity contribution in [2.45, 2.75) is 38.1 Å². The maximum absolute atomic E-state index is 14.2. The number of amides is 1. The molecule has 4 aromatic rings. The van der Waals surface area contributed by atoms with Crippen LogP contribution >= 0.6 is 0 Å². The van der Waals surface area contributed by atoms with Crippen molar-refractivity contribution in [2.24, 2.45) is 5.92 Å². The molecule has 254 valence electrons. The lowest BCUT2D eigenvalue weighted by Crippen LogP contribution is -2.49. The van der Waals surface area contributed by atoms with E-state index in [-0.39, 0.29) is 29.3 Å². The number of anilines is 2. The van der Waals surface area contributed by atoms with Crippen molar-refractivity contribution in [1.82, 2.24) is 9.80 Å².